The Morgan fingerprint density at radius 2 is 1.89 bits per heavy atom. The van der Waals surface area contributed by atoms with E-state index in [4.69, 9.17) is 27.9 Å². The fourth-order valence-corrected chi connectivity index (χ4v) is 1.85. The molecule has 0 N–H and O–H groups in total. The van der Waals surface area contributed by atoms with Gasteiger partial charge >= 0.3 is 5.97 Å². The zero-order valence-corrected chi connectivity index (χ0v) is 11.0. The van der Waals surface area contributed by atoms with Gasteiger partial charge in [0, 0.05) is 16.8 Å². The van der Waals surface area contributed by atoms with Crippen molar-refractivity contribution < 1.29 is 9.53 Å². The molecule has 0 aliphatic rings. The molecule has 2 rings (SSSR count). The number of pyridine rings is 1. The third-order valence-electron chi connectivity index (χ3n) is 2.43. The summed E-state index contributed by atoms with van der Waals surface area (Å²) in [5.41, 5.74) is 1.85. The van der Waals surface area contributed by atoms with Crippen LogP contribution in [0.3, 0.4) is 0 Å². The standard InChI is InChI=1S/C13H9Cl2NO2/c1-18-13(17)11-7-16-12(15)6-10(11)8-2-4-9(14)5-3-8/h2-7H,1H3. The number of aromatic nitrogens is 1. The van der Waals surface area contributed by atoms with Crippen molar-refractivity contribution >= 4 is 29.2 Å². The van der Waals surface area contributed by atoms with Gasteiger partial charge in [-0.2, -0.15) is 0 Å². The summed E-state index contributed by atoms with van der Waals surface area (Å²) in [5, 5.41) is 0.936. The largest absolute Gasteiger partial charge is 0.465 e. The first-order valence-corrected chi connectivity index (χ1v) is 5.87. The third kappa shape index (κ3) is 2.63. The lowest BCUT2D eigenvalue weighted by Gasteiger charge is -2.08. The van der Waals surface area contributed by atoms with Gasteiger partial charge in [-0.1, -0.05) is 35.3 Å². The van der Waals surface area contributed by atoms with Crippen molar-refractivity contribution in [1.82, 2.24) is 4.98 Å². The van der Waals surface area contributed by atoms with E-state index in [2.05, 4.69) is 4.98 Å². The van der Waals surface area contributed by atoms with Gasteiger partial charge < -0.3 is 4.74 Å². The third-order valence-corrected chi connectivity index (χ3v) is 2.89. The Kier molecular flexibility index (Phi) is 3.84. The van der Waals surface area contributed by atoms with E-state index in [1.807, 2.05) is 0 Å². The Morgan fingerprint density at radius 3 is 2.50 bits per heavy atom. The highest BCUT2D eigenvalue weighted by Crippen LogP contribution is 2.27. The average Bonchev–Trinajstić information content (AvgIpc) is 2.38. The Balaban J connectivity index is 2.57. The topological polar surface area (TPSA) is 39.2 Å². The molecule has 0 aliphatic heterocycles. The molecular weight excluding hydrogens is 273 g/mol. The fourth-order valence-electron chi connectivity index (χ4n) is 1.57. The number of carbonyl (C=O) groups is 1. The molecule has 92 valence electrons. The van der Waals surface area contributed by atoms with Crippen LogP contribution in [0, 0.1) is 0 Å². The lowest BCUT2D eigenvalue weighted by Crippen LogP contribution is -2.04. The summed E-state index contributed by atoms with van der Waals surface area (Å²) in [7, 11) is 1.32. The SMILES string of the molecule is COC(=O)c1cnc(Cl)cc1-c1ccc(Cl)cc1. The lowest BCUT2D eigenvalue weighted by molar-refractivity contribution is 0.0601. The van der Waals surface area contributed by atoms with Crippen molar-refractivity contribution in [3.8, 4) is 11.1 Å². The summed E-state index contributed by atoms with van der Waals surface area (Å²) in [6, 6.07) is 8.72. The molecular formula is C13H9Cl2NO2. The zero-order valence-electron chi connectivity index (χ0n) is 9.48. The van der Waals surface area contributed by atoms with Crippen molar-refractivity contribution in [2.75, 3.05) is 7.11 Å². The highest BCUT2D eigenvalue weighted by atomic mass is 35.5. The number of rotatable bonds is 2. The van der Waals surface area contributed by atoms with E-state index < -0.39 is 5.97 Å². The fraction of sp³-hybridized carbons (Fsp3) is 0.0769. The smallest absolute Gasteiger partial charge is 0.340 e. The number of esters is 1. The maximum Gasteiger partial charge on any atom is 0.340 e. The van der Waals surface area contributed by atoms with Crippen LogP contribution < -0.4 is 0 Å². The van der Waals surface area contributed by atoms with Crippen LogP contribution >= 0.6 is 23.2 Å². The Hall–Kier alpha value is -1.58. The first-order valence-electron chi connectivity index (χ1n) is 5.11. The molecule has 0 amide bonds. The molecule has 18 heavy (non-hydrogen) atoms. The van der Waals surface area contributed by atoms with Crippen molar-refractivity contribution in [2.45, 2.75) is 0 Å². The van der Waals surface area contributed by atoms with Crippen LogP contribution in [-0.2, 0) is 4.74 Å². The van der Waals surface area contributed by atoms with Gasteiger partial charge in [-0.3, -0.25) is 0 Å². The minimum absolute atomic E-state index is 0.313. The molecule has 0 radical (unpaired) electrons. The molecule has 0 bridgehead atoms. The van der Waals surface area contributed by atoms with Crippen LogP contribution in [0.25, 0.3) is 11.1 Å². The first-order chi connectivity index (χ1) is 8.61. The van der Waals surface area contributed by atoms with Gasteiger partial charge in [-0.15, -0.1) is 0 Å². The summed E-state index contributed by atoms with van der Waals surface area (Å²) in [6.07, 6.45) is 1.40. The van der Waals surface area contributed by atoms with Gasteiger partial charge in [0.05, 0.1) is 12.7 Å². The van der Waals surface area contributed by atoms with E-state index in [1.54, 1.807) is 30.3 Å². The normalized spacial score (nSPS) is 10.2. The van der Waals surface area contributed by atoms with Gasteiger partial charge in [0.15, 0.2) is 0 Å². The van der Waals surface area contributed by atoms with Gasteiger partial charge in [0.2, 0.25) is 0 Å². The molecule has 0 atom stereocenters. The summed E-state index contributed by atoms with van der Waals surface area (Å²) in [4.78, 5) is 15.5. The van der Waals surface area contributed by atoms with E-state index in [1.165, 1.54) is 13.3 Å². The molecule has 0 spiro atoms. The highest BCUT2D eigenvalue weighted by Gasteiger charge is 2.14. The molecule has 5 heteroatoms. The van der Waals surface area contributed by atoms with E-state index >= 15 is 0 Å². The number of halogens is 2. The summed E-state index contributed by atoms with van der Waals surface area (Å²) < 4.78 is 4.71. The Labute approximate surface area is 114 Å². The van der Waals surface area contributed by atoms with Gasteiger partial charge in [0.25, 0.3) is 0 Å². The van der Waals surface area contributed by atoms with E-state index in [-0.39, 0.29) is 0 Å². The van der Waals surface area contributed by atoms with Crippen LogP contribution in [-0.4, -0.2) is 18.1 Å². The molecule has 3 nitrogen and oxygen atoms in total. The number of hydrogen-bond acceptors (Lipinski definition) is 3. The maximum absolute atomic E-state index is 11.7. The van der Waals surface area contributed by atoms with Crippen LogP contribution in [0.4, 0.5) is 0 Å². The van der Waals surface area contributed by atoms with Crippen molar-refractivity contribution in [2.24, 2.45) is 0 Å². The molecule has 0 fully saturated rings. The van der Waals surface area contributed by atoms with E-state index in [0.717, 1.165) is 5.56 Å². The lowest BCUT2D eigenvalue weighted by atomic mass is 10.0. The Morgan fingerprint density at radius 1 is 1.22 bits per heavy atom. The monoisotopic (exact) mass is 281 g/mol. The molecule has 1 aromatic carbocycles. The minimum Gasteiger partial charge on any atom is -0.465 e. The quantitative estimate of drug-likeness (QED) is 0.620. The van der Waals surface area contributed by atoms with Crippen molar-refractivity contribution in [3.63, 3.8) is 0 Å². The van der Waals surface area contributed by atoms with Crippen molar-refractivity contribution in [3.05, 3.63) is 52.3 Å². The second-order valence-corrected chi connectivity index (χ2v) is 4.37. The van der Waals surface area contributed by atoms with Crippen LogP contribution in [0.1, 0.15) is 10.4 Å². The second kappa shape index (κ2) is 5.38. The number of ether oxygens (including phenoxy) is 1. The predicted octanol–water partition coefficient (Wildman–Crippen LogP) is 3.84. The second-order valence-electron chi connectivity index (χ2n) is 3.55. The van der Waals surface area contributed by atoms with E-state index in [0.29, 0.717) is 21.3 Å². The maximum atomic E-state index is 11.7. The highest BCUT2D eigenvalue weighted by molar-refractivity contribution is 6.30. The summed E-state index contributed by atoms with van der Waals surface area (Å²) in [5.74, 6) is -0.455. The predicted molar refractivity (Wildman–Crippen MR) is 71.0 cm³/mol. The molecule has 0 saturated carbocycles. The molecule has 0 saturated heterocycles. The Bertz CT molecular complexity index is 582. The average molecular weight is 282 g/mol. The molecule has 1 aromatic heterocycles. The number of methoxy groups -OCH3 is 1. The van der Waals surface area contributed by atoms with Crippen LogP contribution in [0.5, 0.6) is 0 Å². The van der Waals surface area contributed by atoms with E-state index in [9.17, 15) is 4.79 Å². The summed E-state index contributed by atoms with van der Waals surface area (Å²) in [6.45, 7) is 0. The molecule has 0 aliphatic carbocycles. The van der Waals surface area contributed by atoms with Crippen LogP contribution in [0.15, 0.2) is 36.5 Å². The number of benzene rings is 1. The number of hydrogen-bond donors (Lipinski definition) is 0. The first kappa shape index (κ1) is 12.9. The van der Waals surface area contributed by atoms with Gasteiger partial charge in [0.1, 0.15) is 5.15 Å². The minimum atomic E-state index is -0.455. The number of nitrogens with zero attached hydrogens (tertiary/aromatic N) is 1. The molecule has 1 heterocycles. The van der Waals surface area contributed by atoms with Gasteiger partial charge in [-0.25, -0.2) is 9.78 Å². The van der Waals surface area contributed by atoms with Gasteiger partial charge in [-0.05, 0) is 23.8 Å². The summed E-state index contributed by atoms with van der Waals surface area (Å²) >= 11 is 11.7. The number of carbonyl (C=O) groups excluding carboxylic acids is 1. The molecule has 0 unspecified atom stereocenters. The molecule has 2 aromatic rings. The zero-order chi connectivity index (χ0) is 13.1. The van der Waals surface area contributed by atoms with Crippen LogP contribution in [0.2, 0.25) is 10.2 Å². The van der Waals surface area contributed by atoms with Crippen molar-refractivity contribution in [1.29, 1.82) is 0 Å².